The molecule has 11 nitrogen and oxygen atoms in total. The Balaban J connectivity index is 1.30. The molecule has 0 radical (unpaired) electrons. The maximum absolute atomic E-state index is 12.0. The summed E-state index contributed by atoms with van der Waals surface area (Å²) < 4.78 is 3.44. The van der Waals surface area contributed by atoms with Gasteiger partial charge in [-0.05, 0) is 66.1 Å². The Hall–Kier alpha value is -4.50. The Morgan fingerprint density at radius 2 is 2.00 bits per heavy atom. The van der Waals surface area contributed by atoms with Gasteiger partial charge in [0.2, 0.25) is 11.1 Å². The van der Waals surface area contributed by atoms with Crippen LogP contribution in [-0.2, 0) is 4.79 Å². The third-order valence-corrected chi connectivity index (χ3v) is 6.29. The number of hydrogen-bond acceptors (Lipinski definition) is 7. The molecular weight excluding hydrogens is 454 g/mol. The average Bonchev–Trinajstić information content (AvgIpc) is 3.52. The molecule has 2 N–H and O–H groups in total. The molecule has 1 aliphatic rings. The molecule has 1 aliphatic carbocycles. The number of imidazole rings is 1. The number of H-pyrrole nitrogens is 1. The predicted molar refractivity (Wildman–Crippen MR) is 124 cm³/mol. The van der Waals surface area contributed by atoms with E-state index in [4.69, 9.17) is 6.57 Å². The zero-order valence-electron chi connectivity index (χ0n) is 17.5. The maximum Gasteiger partial charge on any atom is 0.254 e. The molecule has 0 atom stereocenters. The first-order valence-electron chi connectivity index (χ1n) is 10.4. The van der Waals surface area contributed by atoms with E-state index >= 15 is 0 Å². The molecule has 0 spiro atoms. The van der Waals surface area contributed by atoms with Crippen LogP contribution in [-0.4, -0.2) is 40.1 Å². The SMILES string of the molecule is [C-]#[N+]c1cc(-c2ccc3nnc(Sc4ccc5nc(NC(=O)C6CC6)cn5n4)n3c2)c[nH]c1=O. The van der Waals surface area contributed by atoms with Gasteiger partial charge in [0.05, 0.1) is 12.8 Å². The summed E-state index contributed by atoms with van der Waals surface area (Å²) in [6, 6.07) is 8.87. The number of carbonyl (C=O) groups excluding carboxylic acids is 1. The zero-order chi connectivity index (χ0) is 23.2. The summed E-state index contributed by atoms with van der Waals surface area (Å²) in [4.78, 5) is 34.0. The average molecular weight is 469 g/mol. The van der Waals surface area contributed by atoms with E-state index in [1.807, 2.05) is 34.9 Å². The molecule has 1 fully saturated rings. The minimum Gasteiger partial charge on any atom is -0.337 e. The van der Waals surface area contributed by atoms with Crippen LogP contribution in [0.15, 0.2) is 63.9 Å². The van der Waals surface area contributed by atoms with Crippen LogP contribution in [0.2, 0.25) is 0 Å². The molecule has 0 aliphatic heterocycles. The summed E-state index contributed by atoms with van der Waals surface area (Å²) in [7, 11) is 0. The fraction of sp³-hybridized carbons (Fsp3) is 0.136. The zero-order valence-corrected chi connectivity index (χ0v) is 18.3. The topological polar surface area (TPSA) is 127 Å². The van der Waals surface area contributed by atoms with E-state index in [1.165, 1.54) is 11.8 Å². The lowest BCUT2D eigenvalue weighted by atomic mass is 10.1. The van der Waals surface area contributed by atoms with Gasteiger partial charge in [0.1, 0.15) is 5.03 Å². The monoisotopic (exact) mass is 469 g/mol. The van der Waals surface area contributed by atoms with Gasteiger partial charge in [-0.3, -0.25) is 14.0 Å². The number of nitrogens with zero attached hydrogens (tertiary/aromatic N) is 7. The first-order valence-corrected chi connectivity index (χ1v) is 11.2. The second kappa shape index (κ2) is 7.82. The second-order valence-corrected chi connectivity index (χ2v) is 8.80. The normalized spacial score (nSPS) is 13.3. The van der Waals surface area contributed by atoms with E-state index in [2.05, 4.69) is 35.4 Å². The van der Waals surface area contributed by atoms with Crippen LogP contribution in [0, 0.1) is 12.5 Å². The second-order valence-electron chi connectivity index (χ2n) is 7.81. The molecule has 1 amide bonds. The van der Waals surface area contributed by atoms with Crippen LogP contribution in [0.25, 0.3) is 27.3 Å². The van der Waals surface area contributed by atoms with Crippen LogP contribution < -0.4 is 10.9 Å². The first kappa shape index (κ1) is 20.1. The molecule has 5 aromatic rings. The Labute approximate surface area is 195 Å². The highest BCUT2D eigenvalue weighted by Gasteiger charge is 2.30. The van der Waals surface area contributed by atoms with Crippen LogP contribution in [0.5, 0.6) is 0 Å². The Bertz CT molecular complexity index is 1690. The number of rotatable bonds is 5. The Morgan fingerprint density at radius 3 is 2.82 bits per heavy atom. The van der Waals surface area contributed by atoms with Crippen LogP contribution in [0.3, 0.4) is 0 Å². The third-order valence-electron chi connectivity index (χ3n) is 5.40. The number of pyridine rings is 2. The van der Waals surface area contributed by atoms with Crippen molar-refractivity contribution in [2.24, 2.45) is 5.92 Å². The molecule has 0 unspecified atom stereocenters. The summed E-state index contributed by atoms with van der Waals surface area (Å²) in [6.45, 7) is 7.17. The lowest BCUT2D eigenvalue weighted by Gasteiger charge is -2.05. The van der Waals surface area contributed by atoms with Crippen molar-refractivity contribution in [2.75, 3.05) is 5.32 Å². The smallest absolute Gasteiger partial charge is 0.254 e. The molecule has 5 heterocycles. The highest BCUT2D eigenvalue weighted by molar-refractivity contribution is 7.99. The standard InChI is InChI=1S/C22H15N9O2S/c1-23-15-8-14(9-24-21(15)33)13-4-5-18-27-28-22(30(18)10-13)34-19-7-6-17-25-16(11-31(17)29-19)26-20(32)12-2-3-12/h4-12H,2-3H2,(H,24,33)(H,26,32). The minimum absolute atomic E-state index is 0.00486. The van der Waals surface area contributed by atoms with Crippen molar-refractivity contribution >= 4 is 40.5 Å². The van der Waals surface area contributed by atoms with Crippen molar-refractivity contribution in [1.29, 1.82) is 0 Å². The van der Waals surface area contributed by atoms with E-state index in [-0.39, 0.29) is 17.5 Å². The van der Waals surface area contributed by atoms with E-state index in [1.54, 1.807) is 23.0 Å². The lowest BCUT2D eigenvalue weighted by molar-refractivity contribution is -0.117. The molecule has 5 aromatic heterocycles. The minimum atomic E-state index is -0.420. The number of aromatic amines is 1. The summed E-state index contributed by atoms with van der Waals surface area (Å²) >= 11 is 1.33. The van der Waals surface area contributed by atoms with Gasteiger partial charge in [0, 0.05) is 18.3 Å². The molecule has 0 saturated heterocycles. The van der Waals surface area contributed by atoms with Gasteiger partial charge in [-0.1, -0.05) is 0 Å². The van der Waals surface area contributed by atoms with E-state index < -0.39 is 5.56 Å². The third kappa shape index (κ3) is 3.67. The molecule has 0 aromatic carbocycles. The lowest BCUT2D eigenvalue weighted by Crippen LogP contribution is -2.13. The van der Waals surface area contributed by atoms with Crippen LogP contribution in [0.4, 0.5) is 11.5 Å². The number of aromatic nitrogens is 7. The highest BCUT2D eigenvalue weighted by atomic mass is 32.2. The van der Waals surface area contributed by atoms with Crippen molar-refractivity contribution in [2.45, 2.75) is 23.0 Å². The van der Waals surface area contributed by atoms with E-state index in [9.17, 15) is 9.59 Å². The van der Waals surface area contributed by atoms with Crippen molar-refractivity contribution in [3.8, 4) is 11.1 Å². The van der Waals surface area contributed by atoms with Gasteiger partial charge in [-0.25, -0.2) is 14.3 Å². The largest absolute Gasteiger partial charge is 0.337 e. The van der Waals surface area contributed by atoms with Crippen LogP contribution in [0.1, 0.15) is 12.8 Å². The van der Waals surface area contributed by atoms with Gasteiger partial charge in [-0.15, -0.1) is 10.2 Å². The Kier molecular flexibility index (Phi) is 4.63. The number of anilines is 1. The molecule has 6 rings (SSSR count). The van der Waals surface area contributed by atoms with Crippen molar-refractivity contribution in [3.05, 3.63) is 70.7 Å². The van der Waals surface area contributed by atoms with Gasteiger partial charge < -0.3 is 10.3 Å². The number of nitrogens with one attached hydrogen (secondary N) is 2. The number of fused-ring (bicyclic) bond motifs is 2. The first-order chi connectivity index (χ1) is 16.6. The van der Waals surface area contributed by atoms with Crippen molar-refractivity contribution in [3.63, 3.8) is 0 Å². The van der Waals surface area contributed by atoms with Crippen LogP contribution >= 0.6 is 11.8 Å². The number of carbonyl (C=O) groups is 1. The molecular formula is C22H15N9O2S. The molecule has 12 heteroatoms. The maximum atomic E-state index is 12.0. The fourth-order valence-electron chi connectivity index (χ4n) is 3.48. The quantitative estimate of drug-likeness (QED) is 0.379. The summed E-state index contributed by atoms with van der Waals surface area (Å²) in [5.41, 5.74) is 2.38. The summed E-state index contributed by atoms with van der Waals surface area (Å²) in [5.74, 6) is 0.567. The molecule has 1 saturated carbocycles. The van der Waals surface area contributed by atoms with E-state index in [0.29, 0.717) is 32.9 Å². The van der Waals surface area contributed by atoms with Gasteiger partial charge in [0.25, 0.3) is 11.2 Å². The number of amides is 1. The van der Waals surface area contributed by atoms with Crippen molar-refractivity contribution in [1.82, 2.24) is 34.2 Å². The summed E-state index contributed by atoms with van der Waals surface area (Å²) in [6.07, 6.45) is 6.96. The number of hydrogen-bond donors (Lipinski definition) is 2. The Morgan fingerprint density at radius 1 is 1.15 bits per heavy atom. The summed E-state index contributed by atoms with van der Waals surface area (Å²) in [5, 5.41) is 17.2. The van der Waals surface area contributed by atoms with Crippen molar-refractivity contribution < 1.29 is 4.79 Å². The van der Waals surface area contributed by atoms with Gasteiger partial charge >= 0.3 is 0 Å². The predicted octanol–water partition coefficient (Wildman–Crippen LogP) is 3.18. The van der Waals surface area contributed by atoms with E-state index in [0.717, 1.165) is 18.4 Å². The molecule has 34 heavy (non-hydrogen) atoms. The fourth-order valence-corrected chi connectivity index (χ4v) is 4.26. The van der Waals surface area contributed by atoms with Gasteiger partial charge in [0.15, 0.2) is 17.1 Å². The highest BCUT2D eigenvalue weighted by Crippen LogP contribution is 2.30. The molecule has 166 valence electrons. The van der Waals surface area contributed by atoms with Gasteiger partial charge in [-0.2, -0.15) is 5.10 Å². The molecule has 0 bridgehead atoms.